The lowest BCUT2D eigenvalue weighted by Gasteiger charge is -2.37. The highest BCUT2D eigenvalue weighted by Gasteiger charge is 2.51. The van der Waals surface area contributed by atoms with Crippen LogP contribution in [0.4, 0.5) is 0 Å². The van der Waals surface area contributed by atoms with Gasteiger partial charge in [0.15, 0.2) is 5.11 Å². The van der Waals surface area contributed by atoms with Gasteiger partial charge in [-0.2, -0.15) is 0 Å². The second-order valence-electron chi connectivity index (χ2n) is 4.57. The van der Waals surface area contributed by atoms with Gasteiger partial charge < -0.3 is 10.6 Å². The summed E-state index contributed by atoms with van der Waals surface area (Å²) < 4.78 is 0. The molecule has 1 heterocycles. The van der Waals surface area contributed by atoms with Crippen LogP contribution in [0.15, 0.2) is 12.2 Å². The molecule has 1 saturated heterocycles. The highest BCUT2D eigenvalue weighted by Crippen LogP contribution is 2.38. The Balaban J connectivity index is 3.22. The van der Waals surface area contributed by atoms with Crippen LogP contribution in [0.25, 0.3) is 0 Å². The van der Waals surface area contributed by atoms with Crippen LogP contribution in [0.3, 0.4) is 0 Å². The summed E-state index contributed by atoms with van der Waals surface area (Å²) in [5, 5.41) is 5.11. The van der Waals surface area contributed by atoms with Crippen LogP contribution in [-0.2, 0) is 9.59 Å². The maximum atomic E-state index is 12.2. The van der Waals surface area contributed by atoms with Gasteiger partial charge in [-0.05, 0) is 24.6 Å². The fourth-order valence-electron chi connectivity index (χ4n) is 2.10. The molecule has 0 aliphatic carbocycles. The molecule has 0 aromatic rings. The molecule has 1 fully saturated rings. The molecule has 0 aromatic heterocycles. The molecule has 0 radical (unpaired) electrons. The molecule has 2 amide bonds. The van der Waals surface area contributed by atoms with Crippen LogP contribution in [0.2, 0.25) is 0 Å². The smallest absolute Gasteiger partial charge is 0.246 e. The first-order chi connectivity index (χ1) is 7.86. The van der Waals surface area contributed by atoms with Gasteiger partial charge in [-0.25, -0.2) is 0 Å². The molecule has 2 N–H and O–H groups in total. The standard InChI is InChI=1S/C12H18N2O2S/c1-5-6-12(8(4)7(2)3)9(15)13-11(17)14-10(12)16/h7H,4-6H2,1-3H3,(H2,13,14,15,16,17). The number of hydrogen-bond acceptors (Lipinski definition) is 3. The van der Waals surface area contributed by atoms with Crippen molar-refractivity contribution in [3.8, 4) is 0 Å². The zero-order valence-electron chi connectivity index (χ0n) is 10.4. The molecule has 1 rings (SSSR count). The highest BCUT2D eigenvalue weighted by atomic mass is 32.1. The van der Waals surface area contributed by atoms with Crippen molar-refractivity contribution in [1.29, 1.82) is 0 Å². The third kappa shape index (κ3) is 2.24. The quantitative estimate of drug-likeness (QED) is 0.454. The number of thiocarbonyl (C=S) groups is 1. The van der Waals surface area contributed by atoms with Crippen molar-refractivity contribution in [3.05, 3.63) is 12.2 Å². The van der Waals surface area contributed by atoms with Crippen LogP contribution >= 0.6 is 12.2 Å². The molecule has 0 spiro atoms. The van der Waals surface area contributed by atoms with E-state index in [0.29, 0.717) is 12.0 Å². The molecule has 94 valence electrons. The molecule has 1 aliphatic heterocycles. The van der Waals surface area contributed by atoms with Gasteiger partial charge in [-0.15, -0.1) is 0 Å². The minimum Gasteiger partial charge on any atom is -0.302 e. The van der Waals surface area contributed by atoms with Crippen LogP contribution < -0.4 is 10.6 Å². The number of nitrogens with one attached hydrogen (secondary N) is 2. The molecular weight excluding hydrogens is 236 g/mol. The molecule has 4 nitrogen and oxygen atoms in total. The Hall–Kier alpha value is -1.23. The normalized spacial score (nSPS) is 18.9. The van der Waals surface area contributed by atoms with Crippen molar-refractivity contribution in [3.63, 3.8) is 0 Å². The number of rotatable bonds is 4. The van der Waals surface area contributed by atoms with E-state index in [2.05, 4.69) is 17.2 Å². The van der Waals surface area contributed by atoms with E-state index in [0.717, 1.165) is 6.42 Å². The molecule has 17 heavy (non-hydrogen) atoms. The number of carbonyl (C=O) groups is 2. The van der Waals surface area contributed by atoms with Gasteiger partial charge in [-0.3, -0.25) is 9.59 Å². The minimum atomic E-state index is -1.18. The maximum Gasteiger partial charge on any atom is 0.246 e. The summed E-state index contributed by atoms with van der Waals surface area (Å²) in [5.41, 5.74) is -0.539. The van der Waals surface area contributed by atoms with Crippen LogP contribution in [0.1, 0.15) is 33.6 Å². The zero-order valence-corrected chi connectivity index (χ0v) is 11.2. The van der Waals surface area contributed by atoms with Crippen molar-refractivity contribution in [2.75, 3.05) is 0 Å². The largest absolute Gasteiger partial charge is 0.302 e. The summed E-state index contributed by atoms with van der Waals surface area (Å²) in [6.07, 6.45) is 1.17. The lowest BCUT2D eigenvalue weighted by atomic mass is 9.70. The predicted octanol–water partition coefficient (Wildman–Crippen LogP) is 1.52. The predicted molar refractivity (Wildman–Crippen MR) is 70.2 cm³/mol. The number of hydrogen-bond donors (Lipinski definition) is 2. The second-order valence-corrected chi connectivity index (χ2v) is 4.98. The average Bonchev–Trinajstić information content (AvgIpc) is 2.22. The van der Waals surface area contributed by atoms with E-state index in [-0.39, 0.29) is 22.8 Å². The van der Waals surface area contributed by atoms with Gasteiger partial charge in [0.05, 0.1) is 0 Å². The van der Waals surface area contributed by atoms with Gasteiger partial charge in [0.25, 0.3) is 0 Å². The van der Waals surface area contributed by atoms with Crippen LogP contribution in [-0.4, -0.2) is 16.9 Å². The van der Waals surface area contributed by atoms with Gasteiger partial charge in [-0.1, -0.05) is 39.3 Å². The van der Waals surface area contributed by atoms with E-state index in [9.17, 15) is 9.59 Å². The summed E-state index contributed by atoms with van der Waals surface area (Å²) in [6.45, 7) is 9.71. The van der Waals surface area contributed by atoms with Crippen molar-refractivity contribution in [1.82, 2.24) is 10.6 Å². The van der Waals surface area contributed by atoms with Gasteiger partial charge in [0, 0.05) is 0 Å². The van der Waals surface area contributed by atoms with E-state index < -0.39 is 5.41 Å². The zero-order chi connectivity index (χ0) is 13.2. The Labute approximate surface area is 107 Å². The van der Waals surface area contributed by atoms with Crippen molar-refractivity contribution >= 4 is 29.1 Å². The summed E-state index contributed by atoms with van der Waals surface area (Å²) in [7, 11) is 0. The lowest BCUT2D eigenvalue weighted by Crippen LogP contribution is -2.63. The van der Waals surface area contributed by atoms with Crippen molar-refractivity contribution < 1.29 is 9.59 Å². The van der Waals surface area contributed by atoms with Gasteiger partial charge in [0.1, 0.15) is 5.41 Å². The first kappa shape index (κ1) is 13.8. The van der Waals surface area contributed by atoms with Crippen LogP contribution in [0, 0.1) is 11.3 Å². The molecule has 0 unspecified atom stereocenters. The van der Waals surface area contributed by atoms with E-state index in [4.69, 9.17) is 12.2 Å². The fourth-order valence-corrected chi connectivity index (χ4v) is 2.29. The van der Waals surface area contributed by atoms with Crippen molar-refractivity contribution in [2.24, 2.45) is 11.3 Å². The van der Waals surface area contributed by atoms with E-state index >= 15 is 0 Å². The third-order valence-corrected chi connectivity index (χ3v) is 3.30. The Kier molecular flexibility index (Phi) is 4.03. The van der Waals surface area contributed by atoms with Crippen molar-refractivity contribution in [2.45, 2.75) is 33.6 Å². The third-order valence-electron chi connectivity index (χ3n) is 3.10. The molecule has 0 saturated carbocycles. The molecular formula is C12H18N2O2S. The Morgan fingerprint density at radius 3 is 2.18 bits per heavy atom. The van der Waals surface area contributed by atoms with E-state index in [1.54, 1.807) is 0 Å². The van der Waals surface area contributed by atoms with E-state index in [1.165, 1.54) is 0 Å². The Morgan fingerprint density at radius 2 is 1.82 bits per heavy atom. The molecule has 5 heteroatoms. The maximum absolute atomic E-state index is 12.2. The molecule has 0 bridgehead atoms. The van der Waals surface area contributed by atoms with Gasteiger partial charge in [0.2, 0.25) is 11.8 Å². The Bertz CT molecular complexity index is 368. The summed E-state index contributed by atoms with van der Waals surface area (Å²) in [5.74, 6) is -0.650. The summed E-state index contributed by atoms with van der Waals surface area (Å²) in [4.78, 5) is 24.3. The second kappa shape index (κ2) is 4.96. The summed E-state index contributed by atoms with van der Waals surface area (Å²) in [6, 6.07) is 0. The SMILES string of the molecule is C=C(C(C)C)C1(CCC)C(=O)NC(=S)NC1=O. The first-order valence-electron chi connectivity index (χ1n) is 5.72. The molecule has 0 aromatic carbocycles. The number of carbonyl (C=O) groups excluding carboxylic acids is 2. The highest BCUT2D eigenvalue weighted by molar-refractivity contribution is 7.80. The van der Waals surface area contributed by atoms with E-state index in [1.807, 2.05) is 20.8 Å². The minimum absolute atomic E-state index is 0.0599. The summed E-state index contributed by atoms with van der Waals surface area (Å²) >= 11 is 4.81. The fraction of sp³-hybridized carbons (Fsp3) is 0.583. The Morgan fingerprint density at radius 1 is 1.35 bits per heavy atom. The first-order valence-corrected chi connectivity index (χ1v) is 6.13. The lowest BCUT2D eigenvalue weighted by molar-refractivity contribution is -0.141. The molecule has 0 atom stereocenters. The van der Waals surface area contributed by atoms with Crippen LogP contribution in [0.5, 0.6) is 0 Å². The average molecular weight is 254 g/mol. The topological polar surface area (TPSA) is 58.2 Å². The number of amides is 2. The van der Waals surface area contributed by atoms with Gasteiger partial charge >= 0.3 is 0 Å². The monoisotopic (exact) mass is 254 g/mol. The molecule has 1 aliphatic rings.